The van der Waals surface area contributed by atoms with Crippen molar-refractivity contribution >= 4 is 27.8 Å². The van der Waals surface area contributed by atoms with Gasteiger partial charge < -0.3 is 9.88 Å². The molecule has 136 valence electrons. The van der Waals surface area contributed by atoms with Crippen LogP contribution in [0.3, 0.4) is 0 Å². The number of benzene rings is 2. The fourth-order valence-corrected chi connectivity index (χ4v) is 3.24. The Hall–Kier alpha value is -3.48. The van der Waals surface area contributed by atoms with E-state index in [4.69, 9.17) is 0 Å². The van der Waals surface area contributed by atoms with Gasteiger partial charge in [0, 0.05) is 14.1 Å². The molecule has 0 spiro atoms. The zero-order chi connectivity index (χ0) is 19.1. The molecule has 27 heavy (non-hydrogen) atoms. The molecule has 0 aliphatic heterocycles. The van der Waals surface area contributed by atoms with Crippen LogP contribution in [0, 0.1) is 6.92 Å². The fraction of sp³-hybridized carbons (Fsp3) is 0.200. The van der Waals surface area contributed by atoms with Gasteiger partial charge in [0.25, 0.3) is 5.91 Å². The summed E-state index contributed by atoms with van der Waals surface area (Å²) in [4.78, 5) is 29.9. The van der Waals surface area contributed by atoms with Crippen LogP contribution in [-0.2, 0) is 20.6 Å². The number of nitrogens with one attached hydrogen (secondary N) is 1. The second kappa shape index (κ2) is 6.35. The molecule has 4 aromatic rings. The van der Waals surface area contributed by atoms with Crippen molar-refractivity contribution < 1.29 is 4.79 Å². The number of carbonyl (C=O) groups is 1. The highest BCUT2D eigenvalue weighted by Gasteiger charge is 2.17. The Kier molecular flexibility index (Phi) is 3.99. The third-order valence-electron chi connectivity index (χ3n) is 4.71. The predicted octanol–water partition coefficient (Wildman–Crippen LogP) is 2.06. The molecule has 4 rings (SSSR count). The maximum Gasteiger partial charge on any atom is 0.276 e. The second-order valence-corrected chi connectivity index (χ2v) is 6.58. The quantitative estimate of drug-likeness (QED) is 0.606. The number of nitrogens with zero attached hydrogens (tertiary/aromatic N) is 4. The van der Waals surface area contributed by atoms with E-state index >= 15 is 0 Å². The Balaban J connectivity index is 1.66. The van der Waals surface area contributed by atoms with E-state index in [0.29, 0.717) is 16.7 Å². The first-order valence-electron chi connectivity index (χ1n) is 8.62. The zero-order valence-corrected chi connectivity index (χ0v) is 15.4. The van der Waals surface area contributed by atoms with Crippen LogP contribution in [0.1, 0.15) is 21.9 Å². The summed E-state index contributed by atoms with van der Waals surface area (Å²) in [6, 6.07) is 13.3. The van der Waals surface area contributed by atoms with Gasteiger partial charge >= 0.3 is 0 Å². The molecule has 0 saturated carbocycles. The molecule has 2 aromatic heterocycles. The molecule has 0 unspecified atom stereocenters. The van der Waals surface area contributed by atoms with E-state index in [1.54, 1.807) is 17.8 Å². The van der Waals surface area contributed by atoms with Gasteiger partial charge in [0.1, 0.15) is 5.82 Å². The van der Waals surface area contributed by atoms with E-state index < -0.39 is 5.91 Å². The molecule has 0 aliphatic rings. The summed E-state index contributed by atoms with van der Waals surface area (Å²) >= 11 is 0. The van der Waals surface area contributed by atoms with Crippen molar-refractivity contribution in [3.05, 3.63) is 69.8 Å². The van der Waals surface area contributed by atoms with Crippen molar-refractivity contribution in [2.45, 2.75) is 13.5 Å². The average Bonchev–Trinajstić information content (AvgIpc) is 2.98. The number of carbonyl (C=O) groups excluding carboxylic acids is 1. The Bertz CT molecular complexity index is 1250. The van der Waals surface area contributed by atoms with Crippen LogP contribution in [0.15, 0.2) is 47.3 Å². The van der Waals surface area contributed by atoms with Gasteiger partial charge in [-0.25, -0.2) is 4.98 Å². The molecule has 0 aliphatic carbocycles. The van der Waals surface area contributed by atoms with Crippen molar-refractivity contribution in [3.63, 3.8) is 0 Å². The number of fused-ring (bicyclic) bond motifs is 2. The van der Waals surface area contributed by atoms with Gasteiger partial charge in [0.15, 0.2) is 5.69 Å². The van der Waals surface area contributed by atoms with Crippen LogP contribution >= 0.6 is 0 Å². The first kappa shape index (κ1) is 17.0. The summed E-state index contributed by atoms with van der Waals surface area (Å²) in [5.74, 6) is 0.198. The molecule has 0 radical (unpaired) electrons. The third kappa shape index (κ3) is 2.87. The Morgan fingerprint density at radius 1 is 1.11 bits per heavy atom. The smallest absolute Gasteiger partial charge is 0.276 e. The standard InChI is InChI=1S/C20H19N5O2/c1-12-8-9-15-13(10-12)19(26)18(23-25(15)3)20(27)21-11-17-22-14-6-4-5-7-16(14)24(17)2/h4-10H,11H2,1-3H3,(H,21,27). The highest BCUT2D eigenvalue weighted by molar-refractivity contribution is 5.95. The maximum atomic E-state index is 12.7. The molecule has 0 fully saturated rings. The van der Waals surface area contributed by atoms with E-state index in [1.165, 1.54) is 0 Å². The van der Waals surface area contributed by atoms with Gasteiger partial charge in [0.05, 0.1) is 28.5 Å². The first-order valence-corrected chi connectivity index (χ1v) is 8.62. The summed E-state index contributed by atoms with van der Waals surface area (Å²) < 4.78 is 3.48. The lowest BCUT2D eigenvalue weighted by molar-refractivity contribution is 0.0941. The summed E-state index contributed by atoms with van der Waals surface area (Å²) in [6.07, 6.45) is 0. The SMILES string of the molecule is Cc1ccc2c(c1)c(=O)c(C(=O)NCc1nc3ccccc3n1C)nn2C. The number of aryl methyl sites for hydroxylation is 3. The number of amides is 1. The minimum Gasteiger partial charge on any atom is -0.343 e. The summed E-state index contributed by atoms with van der Waals surface area (Å²) in [6.45, 7) is 2.12. The summed E-state index contributed by atoms with van der Waals surface area (Å²) in [5.41, 5.74) is 3.01. The van der Waals surface area contributed by atoms with Crippen LogP contribution < -0.4 is 10.7 Å². The lowest BCUT2D eigenvalue weighted by atomic mass is 10.1. The number of imidazole rings is 1. The zero-order valence-electron chi connectivity index (χ0n) is 15.4. The first-order chi connectivity index (χ1) is 13.0. The second-order valence-electron chi connectivity index (χ2n) is 6.58. The van der Waals surface area contributed by atoms with Crippen LogP contribution in [-0.4, -0.2) is 25.2 Å². The van der Waals surface area contributed by atoms with E-state index in [0.717, 1.165) is 16.6 Å². The highest BCUT2D eigenvalue weighted by atomic mass is 16.2. The molecule has 2 aromatic carbocycles. The summed E-state index contributed by atoms with van der Waals surface area (Å²) in [7, 11) is 3.62. The molecule has 0 atom stereocenters. The maximum absolute atomic E-state index is 12.7. The van der Waals surface area contributed by atoms with Crippen molar-refractivity contribution in [2.24, 2.45) is 14.1 Å². The van der Waals surface area contributed by atoms with Crippen molar-refractivity contribution in [2.75, 3.05) is 0 Å². The van der Waals surface area contributed by atoms with E-state index in [2.05, 4.69) is 15.4 Å². The Morgan fingerprint density at radius 2 is 1.89 bits per heavy atom. The summed E-state index contributed by atoms with van der Waals surface area (Å²) in [5, 5.41) is 7.43. The number of aromatic nitrogens is 4. The van der Waals surface area contributed by atoms with E-state index in [1.807, 2.05) is 54.9 Å². The normalized spacial score (nSPS) is 11.2. The van der Waals surface area contributed by atoms with Gasteiger partial charge in [-0.2, -0.15) is 5.10 Å². The van der Waals surface area contributed by atoms with Crippen molar-refractivity contribution in [1.82, 2.24) is 24.6 Å². The number of hydrogen-bond donors (Lipinski definition) is 1. The minimum atomic E-state index is -0.508. The van der Waals surface area contributed by atoms with Crippen LogP contribution in [0.4, 0.5) is 0 Å². The van der Waals surface area contributed by atoms with Crippen LogP contribution in [0.25, 0.3) is 21.9 Å². The minimum absolute atomic E-state index is 0.116. The highest BCUT2D eigenvalue weighted by Crippen LogP contribution is 2.14. The largest absolute Gasteiger partial charge is 0.343 e. The predicted molar refractivity (Wildman–Crippen MR) is 104 cm³/mol. The molecule has 0 bridgehead atoms. The molecular weight excluding hydrogens is 342 g/mol. The van der Waals surface area contributed by atoms with Crippen LogP contribution in [0.2, 0.25) is 0 Å². The van der Waals surface area contributed by atoms with E-state index in [-0.39, 0.29) is 17.7 Å². The molecule has 7 nitrogen and oxygen atoms in total. The van der Waals surface area contributed by atoms with Gasteiger partial charge in [-0.05, 0) is 31.2 Å². The molecular formula is C20H19N5O2. The van der Waals surface area contributed by atoms with Gasteiger partial charge in [0.2, 0.25) is 5.43 Å². The Labute approximate surface area is 155 Å². The van der Waals surface area contributed by atoms with Gasteiger partial charge in [-0.15, -0.1) is 0 Å². The molecule has 0 saturated heterocycles. The molecule has 2 heterocycles. The fourth-order valence-electron chi connectivity index (χ4n) is 3.24. The Morgan fingerprint density at radius 3 is 2.67 bits per heavy atom. The van der Waals surface area contributed by atoms with E-state index in [9.17, 15) is 9.59 Å². The average molecular weight is 361 g/mol. The topological polar surface area (TPSA) is 81.8 Å². The van der Waals surface area contributed by atoms with Crippen LogP contribution in [0.5, 0.6) is 0 Å². The third-order valence-corrected chi connectivity index (χ3v) is 4.71. The number of para-hydroxylation sites is 2. The number of rotatable bonds is 3. The number of hydrogen-bond acceptors (Lipinski definition) is 4. The van der Waals surface area contributed by atoms with Gasteiger partial charge in [-0.3, -0.25) is 14.3 Å². The van der Waals surface area contributed by atoms with Crippen molar-refractivity contribution in [1.29, 1.82) is 0 Å². The van der Waals surface area contributed by atoms with Gasteiger partial charge in [-0.1, -0.05) is 23.8 Å². The monoisotopic (exact) mass is 361 g/mol. The lowest BCUT2D eigenvalue weighted by Gasteiger charge is -2.09. The van der Waals surface area contributed by atoms with Crippen molar-refractivity contribution in [3.8, 4) is 0 Å². The molecule has 7 heteroatoms. The molecule has 1 amide bonds. The lowest BCUT2D eigenvalue weighted by Crippen LogP contribution is -2.32. The molecule has 1 N–H and O–H groups in total.